The van der Waals surface area contributed by atoms with Crippen molar-refractivity contribution in [3.63, 3.8) is 0 Å². The molecule has 0 radical (unpaired) electrons. The summed E-state index contributed by atoms with van der Waals surface area (Å²) in [5.41, 5.74) is 1.36. The average molecular weight is 283 g/mol. The minimum absolute atomic E-state index is 0.0917. The Morgan fingerprint density at radius 2 is 2.26 bits per heavy atom. The number of hydrogen-bond donors (Lipinski definition) is 2. The molecule has 0 bridgehead atoms. The van der Waals surface area contributed by atoms with Crippen LogP contribution in [-0.4, -0.2) is 31.7 Å². The lowest BCUT2D eigenvalue weighted by Gasteiger charge is -2.28. The Morgan fingerprint density at radius 3 is 2.95 bits per heavy atom. The lowest BCUT2D eigenvalue weighted by molar-refractivity contribution is 0.0137. The highest BCUT2D eigenvalue weighted by Gasteiger charge is 2.22. The monoisotopic (exact) mass is 282 g/mol. The van der Waals surface area contributed by atoms with Gasteiger partial charge >= 0.3 is 0 Å². The minimum atomic E-state index is -0.0917. The van der Waals surface area contributed by atoms with Crippen LogP contribution in [0.3, 0.4) is 0 Å². The molecule has 0 spiro atoms. The Balaban J connectivity index is 2.09. The van der Waals surface area contributed by atoms with Crippen molar-refractivity contribution in [2.75, 3.05) is 19.0 Å². The molecule has 1 aromatic rings. The van der Waals surface area contributed by atoms with Gasteiger partial charge in [-0.1, -0.05) is 11.6 Å². The Morgan fingerprint density at radius 1 is 1.47 bits per heavy atom. The first-order valence-electron chi connectivity index (χ1n) is 6.50. The predicted molar refractivity (Wildman–Crippen MR) is 76.9 cm³/mol. The highest BCUT2D eigenvalue weighted by molar-refractivity contribution is 6.31. The normalized spacial score (nSPS) is 22.9. The summed E-state index contributed by atoms with van der Waals surface area (Å²) >= 11 is 5.96. The maximum absolute atomic E-state index is 12.3. The van der Waals surface area contributed by atoms with Crippen molar-refractivity contribution >= 4 is 23.2 Å². The number of halogens is 1. The smallest absolute Gasteiger partial charge is 0.253 e. The number of carbonyl (C=O) groups excluding carboxylic acids is 1. The maximum Gasteiger partial charge on any atom is 0.253 e. The molecule has 2 unspecified atom stereocenters. The van der Waals surface area contributed by atoms with Crippen molar-refractivity contribution in [2.24, 2.45) is 0 Å². The van der Waals surface area contributed by atoms with Crippen LogP contribution in [0, 0.1) is 0 Å². The number of benzene rings is 1. The van der Waals surface area contributed by atoms with Crippen LogP contribution in [0.25, 0.3) is 0 Å². The Bertz CT molecular complexity index is 465. The zero-order valence-electron chi connectivity index (χ0n) is 11.2. The van der Waals surface area contributed by atoms with Crippen molar-refractivity contribution < 1.29 is 9.53 Å². The number of anilines is 1. The Labute approximate surface area is 118 Å². The summed E-state index contributed by atoms with van der Waals surface area (Å²) in [7, 11) is 1.79. The van der Waals surface area contributed by atoms with Gasteiger partial charge in [0.25, 0.3) is 5.91 Å². The van der Waals surface area contributed by atoms with Gasteiger partial charge in [0, 0.05) is 30.4 Å². The molecule has 5 heteroatoms. The second-order valence-corrected chi connectivity index (χ2v) is 5.25. The lowest BCUT2D eigenvalue weighted by atomic mass is 10.0. The molecule has 4 nitrogen and oxygen atoms in total. The fourth-order valence-corrected chi connectivity index (χ4v) is 2.49. The first kappa shape index (κ1) is 14.2. The van der Waals surface area contributed by atoms with E-state index in [-0.39, 0.29) is 18.1 Å². The summed E-state index contributed by atoms with van der Waals surface area (Å²) in [4.78, 5) is 12.3. The molecule has 2 N–H and O–H groups in total. The number of nitrogens with one attached hydrogen (secondary N) is 2. The maximum atomic E-state index is 12.3. The summed E-state index contributed by atoms with van der Waals surface area (Å²) in [5.74, 6) is -0.0917. The molecule has 1 fully saturated rings. The van der Waals surface area contributed by atoms with Crippen LogP contribution >= 0.6 is 11.6 Å². The van der Waals surface area contributed by atoms with E-state index < -0.39 is 0 Å². The molecular formula is C14H19ClN2O2. The van der Waals surface area contributed by atoms with E-state index in [9.17, 15) is 4.79 Å². The van der Waals surface area contributed by atoms with E-state index in [4.69, 9.17) is 16.3 Å². The van der Waals surface area contributed by atoms with Gasteiger partial charge in [-0.05, 0) is 38.0 Å². The summed E-state index contributed by atoms with van der Waals surface area (Å²) in [6, 6.07) is 5.43. The average Bonchev–Trinajstić information content (AvgIpc) is 2.38. The van der Waals surface area contributed by atoms with Crippen LogP contribution in [0.5, 0.6) is 0 Å². The quantitative estimate of drug-likeness (QED) is 0.896. The van der Waals surface area contributed by atoms with Crippen molar-refractivity contribution in [1.82, 2.24) is 5.32 Å². The molecule has 104 valence electrons. The molecule has 0 aromatic heterocycles. The van der Waals surface area contributed by atoms with E-state index in [1.807, 2.05) is 13.0 Å². The zero-order chi connectivity index (χ0) is 13.8. The highest BCUT2D eigenvalue weighted by Crippen LogP contribution is 2.21. The van der Waals surface area contributed by atoms with Crippen LogP contribution < -0.4 is 10.6 Å². The standard InChI is InChI=1S/C14H19ClN2O2/c1-9-7-11(5-6-19-9)17-14(18)12-8-10(15)3-4-13(12)16-2/h3-4,8-9,11,16H,5-7H2,1-2H3,(H,17,18). The first-order valence-corrected chi connectivity index (χ1v) is 6.87. The summed E-state index contributed by atoms with van der Waals surface area (Å²) in [5, 5.41) is 6.62. The van der Waals surface area contributed by atoms with Gasteiger partial charge in [-0.15, -0.1) is 0 Å². The fourth-order valence-electron chi connectivity index (χ4n) is 2.31. The molecule has 19 heavy (non-hydrogen) atoms. The molecule has 2 atom stereocenters. The van der Waals surface area contributed by atoms with Gasteiger partial charge in [0.1, 0.15) is 0 Å². The molecule has 0 aliphatic carbocycles. The molecule has 1 saturated heterocycles. The van der Waals surface area contributed by atoms with Gasteiger partial charge in [-0.25, -0.2) is 0 Å². The lowest BCUT2D eigenvalue weighted by Crippen LogP contribution is -2.41. The van der Waals surface area contributed by atoms with E-state index >= 15 is 0 Å². The molecule has 0 saturated carbocycles. The molecule has 1 heterocycles. The second-order valence-electron chi connectivity index (χ2n) is 4.82. The molecule has 1 amide bonds. The topological polar surface area (TPSA) is 50.4 Å². The second kappa shape index (κ2) is 6.26. The van der Waals surface area contributed by atoms with Gasteiger partial charge in [0.05, 0.1) is 11.7 Å². The van der Waals surface area contributed by atoms with Crippen LogP contribution in [0.2, 0.25) is 5.02 Å². The number of amides is 1. The van der Waals surface area contributed by atoms with Gasteiger partial charge in [-0.3, -0.25) is 4.79 Å². The third kappa shape index (κ3) is 3.61. The minimum Gasteiger partial charge on any atom is -0.387 e. The summed E-state index contributed by atoms with van der Waals surface area (Å²) in [6.07, 6.45) is 1.90. The molecule has 1 aromatic carbocycles. The van der Waals surface area contributed by atoms with Crippen LogP contribution in [0.4, 0.5) is 5.69 Å². The molecule has 1 aliphatic rings. The molecule has 2 rings (SSSR count). The Hall–Kier alpha value is -1.26. The van der Waals surface area contributed by atoms with E-state index in [2.05, 4.69) is 10.6 Å². The summed E-state index contributed by atoms with van der Waals surface area (Å²) < 4.78 is 5.47. The predicted octanol–water partition coefficient (Wildman–Crippen LogP) is 2.68. The van der Waals surface area contributed by atoms with E-state index in [0.717, 1.165) is 18.5 Å². The van der Waals surface area contributed by atoms with E-state index in [0.29, 0.717) is 17.2 Å². The molecular weight excluding hydrogens is 264 g/mol. The number of rotatable bonds is 3. The van der Waals surface area contributed by atoms with Crippen LogP contribution in [-0.2, 0) is 4.74 Å². The van der Waals surface area contributed by atoms with Crippen molar-refractivity contribution in [1.29, 1.82) is 0 Å². The third-order valence-corrected chi connectivity index (χ3v) is 3.55. The van der Waals surface area contributed by atoms with Crippen molar-refractivity contribution in [3.8, 4) is 0 Å². The van der Waals surface area contributed by atoms with Crippen LogP contribution in [0.1, 0.15) is 30.1 Å². The van der Waals surface area contributed by atoms with Gasteiger partial charge in [0.2, 0.25) is 0 Å². The Kier molecular flexibility index (Phi) is 4.66. The zero-order valence-corrected chi connectivity index (χ0v) is 12.0. The SMILES string of the molecule is CNc1ccc(Cl)cc1C(=O)NC1CCOC(C)C1. The van der Waals surface area contributed by atoms with E-state index in [1.165, 1.54) is 0 Å². The van der Waals surface area contributed by atoms with Gasteiger partial charge < -0.3 is 15.4 Å². The highest BCUT2D eigenvalue weighted by atomic mass is 35.5. The molecule has 1 aliphatic heterocycles. The number of carbonyl (C=O) groups is 1. The van der Waals surface area contributed by atoms with E-state index in [1.54, 1.807) is 19.2 Å². The largest absolute Gasteiger partial charge is 0.387 e. The number of hydrogen-bond acceptors (Lipinski definition) is 3. The fraction of sp³-hybridized carbons (Fsp3) is 0.500. The van der Waals surface area contributed by atoms with Crippen LogP contribution in [0.15, 0.2) is 18.2 Å². The number of ether oxygens (including phenoxy) is 1. The third-order valence-electron chi connectivity index (χ3n) is 3.32. The first-order chi connectivity index (χ1) is 9.10. The van der Waals surface area contributed by atoms with Gasteiger partial charge in [-0.2, -0.15) is 0 Å². The van der Waals surface area contributed by atoms with Crippen molar-refractivity contribution in [2.45, 2.75) is 31.9 Å². The van der Waals surface area contributed by atoms with Crippen molar-refractivity contribution in [3.05, 3.63) is 28.8 Å². The summed E-state index contributed by atoms with van der Waals surface area (Å²) in [6.45, 7) is 2.72. The van der Waals surface area contributed by atoms with Gasteiger partial charge in [0.15, 0.2) is 0 Å².